The smallest absolute Gasteiger partial charge is 0.188 e. The Labute approximate surface area is 154 Å². The van der Waals surface area contributed by atoms with Crippen LogP contribution in [0.2, 0.25) is 5.02 Å². The highest BCUT2D eigenvalue weighted by molar-refractivity contribution is 6.31. The molecule has 0 spiro atoms. The Morgan fingerprint density at radius 2 is 2.28 bits per heavy atom. The van der Waals surface area contributed by atoms with Gasteiger partial charge in [0.05, 0.1) is 18.8 Å². The van der Waals surface area contributed by atoms with Crippen molar-refractivity contribution in [1.29, 1.82) is 0 Å². The van der Waals surface area contributed by atoms with Gasteiger partial charge in [-0.15, -0.1) is 0 Å². The molecule has 0 aliphatic carbocycles. The molecule has 5 nitrogen and oxygen atoms in total. The molecule has 1 saturated heterocycles. The largest absolute Gasteiger partial charge is 0.376 e. The second-order valence-corrected chi connectivity index (χ2v) is 7.24. The topological polar surface area (TPSA) is 62.9 Å². The summed E-state index contributed by atoms with van der Waals surface area (Å²) in [6.45, 7) is 9.28. The van der Waals surface area contributed by atoms with E-state index in [0.717, 1.165) is 0 Å². The SMILES string of the molecule is CC(C)CN=C(N)NCC(c1c(F)cccc1Cl)N1CCOC(C)C1. The maximum absolute atomic E-state index is 14.5. The van der Waals surface area contributed by atoms with Crippen LogP contribution in [0.25, 0.3) is 0 Å². The van der Waals surface area contributed by atoms with E-state index in [9.17, 15) is 4.39 Å². The summed E-state index contributed by atoms with van der Waals surface area (Å²) in [5.41, 5.74) is 6.44. The van der Waals surface area contributed by atoms with Crippen molar-refractivity contribution < 1.29 is 9.13 Å². The van der Waals surface area contributed by atoms with E-state index in [0.29, 0.717) is 55.2 Å². The highest BCUT2D eigenvalue weighted by atomic mass is 35.5. The molecule has 1 fully saturated rings. The third kappa shape index (κ3) is 5.83. The molecule has 0 aromatic heterocycles. The van der Waals surface area contributed by atoms with Gasteiger partial charge in [-0.05, 0) is 25.0 Å². The van der Waals surface area contributed by atoms with Gasteiger partial charge in [-0.2, -0.15) is 0 Å². The Morgan fingerprint density at radius 3 is 2.92 bits per heavy atom. The number of halogens is 2. The standard InChI is InChI=1S/C18H28ClFN4O/c1-12(2)9-22-18(21)23-10-16(24-7-8-25-13(3)11-24)17-14(19)5-4-6-15(17)20/h4-6,12-13,16H,7-11H2,1-3H3,(H3,21,22,23). The van der Waals surface area contributed by atoms with E-state index in [1.54, 1.807) is 12.1 Å². The molecule has 0 bridgehead atoms. The fourth-order valence-electron chi connectivity index (χ4n) is 2.91. The zero-order valence-electron chi connectivity index (χ0n) is 15.1. The van der Waals surface area contributed by atoms with Crippen molar-refractivity contribution in [3.63, 3.8) is 0 Å². The molecular weight excluding hydrogens is 343 g/mol. The number of hydrogen-bond donors (Lipinski definition) is 2. The lowest BCUT2D eigenvalue weighted by atomic mass is 10.0. The molecule has 1 aromatic rings. The molecule has 0 radical (unpaired) electrons. The first-order chi connectivity index (χ1) is 11.9. The van der Waals surface area contributed by atoms with Crippen molar-refractivity contribution in [3.05, 3.63) is 34.6 Å². The molecule has 25 heavy (non-hydrogen) atoms. The highest BCUT2D eigenvalue weighted by Crippen LogP contribution is 2.30. The minimum Gasteiger partial charge on any atom is -0.376 e. The molecule has 1 heterocycles. The number of aliphatic imine (C=N–C) groups is 1. The van der Waals surface area contributed by atoms with Crippen molar-refractivity contribution in [2.45, 2.75) is 32.9 Å². The fraction of sp³-hybridized carbons (Fsp3) is 0.611. The van der Waals surface area contributed by atoms with Gasteiger partial charge in [-0.3, -0.25) is 9.89 Å². The second-order valence-electron chi connectivity index (χ2n) is 6.83. The molecular formula is C18H28ClFN4O. The van der Waals surface area contributed by atoms with Crippen LogP contribution in [-0.2, 0) is 4.74 Å². The quantitative estimate of drug-likeness (QED) is 0.597. The van der Waals surface area contributed by atoms with E-state index >= 15 is 0 Å². The van der Waals surface area contributed by atoms with Crippen molar-refractivity contribution in [2.24, 2.45) is 16.6 Å². The molecule has 2 rings (SSSR count). The summed E-state index contributed by atoms with van der Waals surface area (Å²) in [5.74, 6) is 0.487. The van der Waals surface area contributed by atoms with Gasteiger partial charge in [0, 0.05) is 36.8 Å². The number of nitrogens with zero attached hydrogens (tertiary/aromatic N) is 2. The molecule has 1 aromatic carbocycles. The first-order valence-electron chi connectivity index (χ1n) is 8.71. The van der Waals surface area contributed by atoms with E-state index in [1.807, 2.05) is 6.92 Å². The third-order valence-electron chi connectivity index (χ3n) is 4.15. The van der Waals surface area contributed by atoms with Crippen molar-refractivity contribution in [1.82, 2.24) is 10.2 Å². The Kier molecular flexibility index (Phi) is 7.47. The number of hydrogen-bond acceptors (Lipinski definition) is 3. The summed E-state index contributed by atoms with van der Waals surface area (Å²) >= 11 is 6.31. The van der Waals surface area contributed by atoms with Crippen molar-refractivity contribution in [2.75, 3.05) is 32.8 Å². The Balaban J connectivity index is 2.19. The predicted octanol–water partition coefficient (Wildman–Crippen LogP) is 2.80. The summed E-state index contributed by atoms with van der Waals surface area (Å²) < 4.78 is 20.1. The molecule has 3 N–H and O–H groups in total. The number of nitrogens with two attached hydrogens (primary N) is 1. The van der Waals surface area contributed by atoms with Crippen LogP contribution >= 0.6 is 11.6 Å². The second kappa shape index (κ2) is 9.36. The lowest BCUT2D eigenvalue weighted by Gasteiger charge is -2.38. The van der Waals surface area contributed by atoms with Crippen LogP contribution < -0.4 is 11.1 Å². The van der Waals surface area contributed by atoms with Gasteiger partial charge < -0.3 is 15.8 Å². The normalized spacial score (nSPS) is 20.7. The average molecular weight is 371 g/mol. The highest BCUT2D eigenvalue weighted by Gasteiger charge is 2.29. The van der Waals surface area contributed by atoms with Crippen LogP contribution in [0.4, 0.5) is 4.39 Å². The summed E-state index contributed by atoms with van der Waals surface area (Å²) in [4.78, 5) is 6.49. The van der Waals surface area contributed by atoms with Gasteiger partial charge in [-0.1, -0.05) is 31.5 Å². The fourth-order valence-corrected chi connectivity index (χ4v) is 3.20. The van der Waals surface area contributed by atoms with Gasteiger partial charge in [0.25, 0.3) is 0 Å². The van der Waals surface area contributed by atoms with Crippen LogP contribution in [0.15, 0.2) is 23.2 Å². The molecule has 0 amide bonds. The van der Waals surface area contributed by atoms with Crippen molar-refractivity contribution >= 4 is 17.6 Å². The van der Waals surface area contributed by atoms with Crippen LogP contribution in [0, 0.1) is 11.7 Å². The van der Waals surface area contributed by atoms with E-state index in [2.05, 4.69) is 29.1 Å². The summed E-state index contributed by atoms with van der Waals surface area (Å²) in [7, 11) is 0. The average Bonchev–Trinajstić information content (AvgIpc) is 2.55. The number of rotatable bonds is 6. The van der Waals surface area contributed by atoms with Gasteiger partial charge in [0.15, 0.2) is 5.96 Å². The van der Waals surface area contributed by atoms with Gasteiger partial charge >= 0.3 is 0 Å². The number of nitrogens with one attached hydrogen (secondary N) is 1. The number of ether oxygens (including phenoxy) is 1. The number of benzene rings is 1. The van der Waals surface area contributed by atoms with Crippen LogP contribution in [0.3, 0.4) is 0 Å². The lowest BCUT2D eigenvalue weighted by molar-refractivity contribution is -0.0343. The Hall–Kier alpha value is -1.37. The molecule has 1 aliphatic heterocycles. The number of morpholine rings is 1. The van der Waals surface area contributed by atoms with Crippen LogP contribution in [0.1, 0.15) is 32.4 Å². The predicted molar refractivity (Wildman–Crippen MR) is 100 cm³/mol. The molecule has 0 saturated carbocycles. The monoisotopic (exact) mass is 370 g/mol. The maximum atomic E-state index is 14.5. The first-order valence-corrected chi connectivity index (χ1v) is 9.09. The van der Waals surface area contributed by atoms with E-state index in [-0.39, 0.29) is 18.0 Å². The molecule has 1 aliphatic rings. The van der Waals surface area contributed by atoms with Gasteiger partial charge in [-0.25, -0.2) is 4.39 Å². The van der Waals surface area contributed by atoms with E-state index < -0.39 is 0 Å². The first kappa shape index (κ1) is 19.9. The van der Waals surface area contributed by atoms with E-state index in [4.69, 9.17) is 22.1 Å². The van der Waals surface area contributed by atoms with Gasteiger partial charge in [0.1, 0.15) is 5.82 Å². The summed E-state index contributed by atoms with van der Waals surface area (Å²) in [6.07, 6.45) is 0.0914. The minimum absolute atomic E-state index is 0.0914. The molecule has 7 heteroatoms. The lowest BCUT2D eigenvalue weighted by Crippen LogP contribution is -2.47. The van der Waals surface area contributed by atoms with E-state index in [1.165, 1.54) is 6.07 Å². The molecule has 2 atom stereocenters. The third-order valence-corrected chi connectivity index (χ3v) is 4.48. The zero-order valence-corrected chi connectivity index (χ0v) is 15.9. The van der Waals surface area contributed by atoms with Crippen LogP contribution in [-0.4, -0.2) is 49.7 Å². The Morgan fingerprint density at radius 1 is 1.52 bits per heavy atom. The zero-order chi connectivity index (χ0) is 18.4. The van der Waals surface area contributed by atoms with Crippen molar-refractivity contribution in [3.8, 4) is 0 Å². The van der Waals surface area contributed by atoms with Crippen LogP contribution in [0.5, 0.6) is 0 Å². The number of guanidine groups is 1. The minimum atomic E-state index is -0.309. The Bertz CT molecular complexity index is 576. The molecule has 140 valence electrons. The van der Waals surface area contributed by atoms with Gasteiger partial charge in [0.2, 0.25) is 0 Å². The summed E-state index contributed by atoms with van der Waals surface area (Å²) in [6, 6.07) is 4.53. The molecule has 2 unspecified atom stereocenters. The summed E-state index contributed by atoms with van der Waals surface area (Å²) in [5, 5.41) is 3.54. The maximum Gasteiger partial charge on any atom is 0.188 e.